The first-order chi connectivity index (χ1) is 6.10. The van der Waals surface area contributed by atoms with Crippen LogP contribution in [-0.4, -0.2) is 11.7 Å². The van der Waals surface area contributed by atoms with Crippen LogP contribution in [0.25, 0.3) is 0 Å². The Morgan fingerprint density at radius 3 is 2.15 bits per heavy atom. The van der Waals surface area contributed by atoms with Gasteiger partial charge in [0.1, 0.15) is 0 Å². The predicted octanol–water partition coefficient (Wildman–Crippen LogP) is 3.13. The van der Waals surface area contributed by atoms with Gasteiger partial charge in [-0.15, -0.1) is 0 Å². The Morgan fingerprint density at radius 1 is 1.23 bits per heavy atom. The highest BCUT2D eigenvalue weighted by molar-refractivity contribution is 7.93. The molecule has 3 heteroatoms. The third kappa shape index (κ3) is 2.46. The molecule has 0 atom stereocenters. The monoisotopic (exact) mass is 198 g/mol. The molecule has 0 saturated carbocycles. The van der Waals surface area contributed by atoms with E-state index >= 15 is 0 Å². The SMILES string of the molecule is COC(C)(C)c1ccc(SO)cc1. The van der Waals surface area contributed by atoms with E-state index in [-0.39, 0.29) is 5.60 Å². The van der Waals surface area contributed by atoms with Crippen LogP contribution in [0.2, 0.25) is 0 Å². The summed E-state index contributed by atoms with van der Waals surface area (Å²) in [4.78, 5) is 0.843. The number of methoxy groups -OCH3 is 1. The topological polar surface area (TPSA) is 29.5 Å². The molecule has 2 nitrogen and oxygen atoms in total. The molecule has 0 aliphatic carbocycles. The van der Waals surface area contributed by atoms with Crippen LogP contribution in [0.15, 0.2) is 29.2 Å². The van der Waals surface area contributed by atoms with Crippen LogP contribution in [0.4, 0.5) is 0 Å². The molecule has 0 aliphatic rings. The molecule has 0 radical (unpaired) electrons. The zero-order valence-electron chi connectivity index (χ0n) is 8.07. The maximum Gasteiger partial charge on any atom is 0.0871 e. The van der Waals surface area contributed by atoms with E-state index in [1.807, 2.05) is 38.1 Å². The summed E-state index contributed by atoms with van der Waals surface area (Å²) >= 11 is 0.755. The van der Waals surface area contributed by atoms with Crippen LogP contribution in [0.3, 0.4) is 0 Å². The Balaban J connectivity index is 2.92. The fraction of sp³-hybridized carbons (Fsp3) is 0.400. The minimum atomic E-state index is -0.265. The number of hydrogen-bond acceptors (Lipinski definition) is 3. The lowest BCUT2D eigenvalue weighted by molar-refractivity contribution is 0.0192. The summed E-state index contributed by atoms with van der Waals surface area (Å²) in [5, 5.41) is 0. The van der Waals surface area contributed by atoms with Gasteiger partial charge in [-0.2, -0.15) is 0 Å². The number of hydrogen-bond donors (Lipinski definition) is 1. The van der Waals surface area contributed by atoms with Crippen molar-refractivity contribution < 1.29 is 9.29 Å². The smallest absolute Gasteiger partial charge is 0.0871 e. The van der Waals surface area contributed by atoms with Crippen LogP contribution < -0.4 is 0 Å². The molecule has 0 aromatic heterocycles. The van der Waals surface area contributed by atoms with E-state index in [2.05, 4.69) is 0 Å². The zero-order valence-corrected chi connectivity index (χ0v) is 8.89. The van der Waals surface area contributed by atoms with Crippen LogP contribution in [0.5, 0.6) is 0 Å². The summed E-state index contributed by atoms with van der Waals surface area (Å²) in [5.74, 6) is 0. The Labute approximate surface area is 83.1 Å². The van der Waals surface area contributed by atoms with E-state index in [1.165, 1.54) is 0 Å². The first-order valence-electron chi connectivity index (χ1n) is 4.07. The third-order valence-corrected chi connectivity index (χ3v) is 2.65. The quantitative estimate of drug-likeness (QED) is 0.757. The highest BCUT2D eigenvalue weighted by Crippen LogP contribution is 2.25. The third-order valence-electron chi connectivity index (χ3n) is 2.17. The Morgan fingerprint density at radius 2 is 1.77 bits per heavy atom. The fourth-order valence-electron chi connectivity index (χ4n) is 1.04. The van der Waals surface area contributed by atoms with Crippen LogP contribution in [0, 0.1) is 0 Å². The number of benzene rings is 1. The summed E-state index contributed by atoms with van der Waals surface area (Å²) in [6.45, 7) is 4.02. The van der Waals surface area contributed by atoms with Gasteiger partial charge in [-0.3, -0.25) is 0 Å². The molecule has 0 bridgehead atoms. The second-order valence-corrected chi connectivity index (χ2v) is 3.98. The first-order valence-corrected chi connectivity index (χ1v) is 4.84. The molecule has 72 valence electrons. The van der Waals surface area contributed by atoms with Crippen molar-refractivity contribution in [1.82, 2.24) is 0 Å². The fourth-order valence-corrected chi connectivity index (χ4v) is 1.29. The average molecular weight is 198 g/mol. The highest BCUT2D eigenvalue weighted by Gasteiger charge is 2.18. The van der Waals surface area contributed by atoms with Crippen LogP contribution in [0.1, 0.15) is 19.4 Å². The van der Waals surface area contributed by atoms with E-state index in [1.54, 1.807) is 7.11 Å². The van der Waals surface area contributed by atoms with E-state index in [0.717, 1.165) is 22.5 Å². The molecular weight excluding hydrogens is 184 g/mol. The highest BCUT2D eigenvalue weighted by atomic mass is 32.2. The summed E-state index contributed by atoms with van der Waals surface area (Å²) in [6.07, 6.45) is 0. The largest absolute Gasteiger partial charge is 0.374 e. The van der Waals surface area contributed by atoms with Crippen molar-refractivity contribution in [3.8, 4) is 0 Å². The molecule has 0 unspecified atom stereocenters. The van der Waals surface area contributed by atoms with Gasteiger partial charge >= 0.3 is 0 Å². The molecule has 0 saturated heterocycles. The molecular formula is C10H14O2S. The van der Waals surface area contributed by atoms with Gasteiger partial charge in [0.2, 0.25) is 0 Å². The summed E-state index contributed by atoms with van der Waals surface area (Å²) in [7, 11) is 1.69. The van der Waals surface area contributed by atoms with Crippen molar-refractivity contribution in [2.45, 2.75) is 24.3 Å². The van der Waals surface area contributed by atoms with Gasteiger partial charge < -0.3 is 9.29 Å². The van der Waals surface area contributed by atoms with Gasteiger partial charge in [-0.05, 0) is 31.5 Å². The Hall–Kier alpha value is -0.510. The van der Waals surface area contributed by atoms with Crippen molar-refractivity contribution >= 4 is 12.0 Å². The van der Waals surface area contributed by atoms with E-state index in [4.69, 9.17) is 9.29 Å². The van der Waals surface area contributed by atoms with Gasteiger partial charge in [-0.1, -0.05) is 12.1 Å². The molecule has 0 amide bonds. The second kappa shape index (κ2) is 4.13. The molecule has 0 aliphatic heterocycles. The van der Waals surface area contributed by atoms with Crippen LogP contribution in [-0.2, 0) is 10.3 Å². The molecule has 1 N–H and O–H groups in total. The lowest BCUT2D eigenvalue weighted by Gasteiger charge is -2.23. The summed E-state index contributed by atoms with van der Waals surface area (Å²) in [5.41, 5.74) is 0.839. The number of rotatable bonds is 3. The Kier molecular flexibility index (Phi) is 3.36. The standard InChI is InChI=1S/C10H14O2S/c1-10(2,12-3)8-4-6-9(13-11)7-5-8/h4-7,11H,1-3H3. The molecule has 0 fully saturated rings. The maximum absolute atomic E-state index is 8.77. The first kappa shape index (κ1) is 10.6. The average Bonchev–Trinajstić information content (AvgIpc) is 2.18. The number of ether oxygens (including phenoxy) is 1. The molecule has 1 aromatic carbocycles. The van der Waals surface area contributed by atoms with Gasteiger partial charge in [0, 0.05) is 24.0 Å². The van der Waals surface area contributed by atoms with E-state index in [9.17, 15) is 0 Å². The molecule has 1 rings (SSSR count). The van der Waals surface area contributed by atoms with Crippen molar-refractivity contribution in [2.24, 2.45) is 0 Å². The van der Waals surface area contributed by atoms with Gasteiger partial charge in [0.05, 0.1) is 5.60 Å². The summed E-state index contributed by atoms with van der Waals surface area (Å²) < 4.78 is 14.1. The maximum atomic E-state index is 8.77. The molecule has 13 heavy (non-hydrogen) atoms. The normalized spacial score (nSPS) is 11.7. The van der Waals surface area contributed by atoms with Crippen LogP contribution >= 0.6 is 12.0 Å². The Bertz CT molecular complexity index is 267. The summed E-state index contributed by atoms with van der Waals surface area (Å²) in [6, 6.07) is 7.67. The minimum Gasteiger partial charge on any atom is -0.374 e. The van der Waals surface area contributed by atoms with Crippen molar-refractivity contribution in [1.29, 1.82) is 0 Å². The van der Waals surface area contributed by atoms with Gasteiger partial charge in [0.25, 0.3) is 0 Å². The van der Waals surface area contributed by atoms with E-state index < -0.39 is 0 Å². The predicted molar refractivity (Wildman–Crippen MR) is 55.0 cm³/mol. The van der Waals surface area contributed by atoms with E-state index in [0.29, 0.717) is 0 Å². The lowest BCUT2D eigenvalue weighted by Crippen LogP contribution is -2.18. The zero-order chi connectivity index (χ0) is 9.90. The van der Waals surface area contributed by atoms with Crippen molar-refractivity contribution in [2.75, 3.05) is 7.11 Å². The molecule has 0 spiro atoms. The van der Waals surface area contributed by atoms with Gasteiger partial charge in [0.15, 0.2) is 0 Å². The second-order valence-electron chi connectivity index (χ2n) is 3.33. The van der Waals surface area contributed by atoms with Gasteiger partial charge in [-0.25, -0.2) is 0 Å². The lowest BCUT2D eigenvalue weighted by atomic mass is 9.98. The van der Waals surface area contributed by atoms with Crippen molar-refractivity contribution in [3.05, 3.63) is 29.8 Å². The minimum absolute atomic E-state index is 0.265. The molecule has 1 aromatic rings. The molecule has 0 heterocycles. The van der Waals surface area contributed by atoms with Crippen molar-refractivity contribution in [3.63, 3.8) is 0 Å².